The Balaban J connectivity index is 1.12. The van der Waals surface area contributed by atoms with Crippen LogP contribution < -0.4 is 15.9 Å². The van der Waals surface area contributed by atoms with Crippen LogP contribution in [0.1, 0.15) is 6.23 Å². The van der Waals surface area contributed by atoms with Gasteiger partial charge in [-0.2, -0.15) is 12.9 Å². The van der Waals surface area contributed by atoms with E-state index in [1.165, 1.54) is 0 Å². The van der Waals surface area contributed by atoms with Crippen molar-refractivity contribution in [3.63, 3.8) is 0 Å². The molecular weight excluding hydrogens is 859 g/mol. The van der Waals surface area contributed by atoms with Crippen LogP contribution in [0.4, 0.5) is 5.82 Å². The summed E-state index contributed by atoms with van der Waals surface area (Å²) >= 11 is 0. The Morgan fingerprint density at radius 2 is 1.33 bits per heavy atom. The largest absolute Gasteiger partial charge is 0.489 e. The van der Waals surface area contributed by atoms with E-state index in [1.807, 2.05) is 0 Å². The smallest absolute Gasteiger partial charge is 0.387 e. The Bertz CT molecular complexity index is 2090. The summed E-state index contributed by atoms with van der Waals surface area (Å²) in [6.07, 6.45) is -8.98. The van der Waals surface area contributed by atoms with Crippen molar-refractivity contribution in [3.8, 4) is 0 Å². The lowest BCUT2D eigenvalue weighted by molar-refractivity contribution is -0.118. The van der Waals surface area contributed by atoms with Gasteiger partial charge < -0.3 is 70.3 Å². The van der Waals surface area contributed by atoms with E-state index < -0.39 is 107 Å². The van der Waals surface area contributed by atoms with E-state index in [2.05, 4.69) is 48.8 Å². The van der Waals surface area contributed by atoms with E-state index in [-0.39, 0.29) is 22.8 Å². The molecule has 3 aliphatic heterocycles. The molecule has 5 heterocycles. The number of hydrogen-bond donors (Lipinski definition) is 12. The lowest BCUT2D eigenvalue weighted by Crippen LogP contribution is -2.46. The van der Waals surface area contributed by atoms with E-state index in [9.17, 15) is 72.5 Å². The molecule has 2 fully saturated rings. The number of aromatic nitrogens is 4. The van der Waals surface area contributed by atoms with E-state index in [1.54, 1.807) is 0 Å². The molecule has 35 heteroatoms. The molecule has 0 aromatic carbocycles. The summed E-state index contributed by atoms with van der Waals surface area (Å²) in [6, 6.07) is 0. The predicted octanol–water partition coefficient (Wildman–Crippen LogP) is -2.93. The molecule has 0 saturated carbocycles. The summed E-state index contributed by atoms with van der Waals surface area (Å²) in [5.74, 6) is -0.699. The Labute approximate surface area is 305 Å². The first-order valence-electron chi connectivity index (χ1n) is 14.6. The number of phosphoric acid groups is 3. The number of fused-ring (bicyclic) bond motifs is 1. The Kier molecular flexibility index (Phi) is 12.8. The van der Waals surface area contributed by atoms with Crippen molar-refractivity contribution >= 4 is 61.8 Å². The Hall–Kier alpha value is -2.43. The van der Waals surface area contributed by atoms with Crippen LogP contribution in [0, 0.1) is 0 Å². The second-order valence-electron chi connectivity index (χ2n) is 11.2. The molecule has 0 bridgehead atoms. The highest BCUT2D eigenvalue weighted by Crippen LogP contribution is 2.70. The van der Waals surface area contributed by atoms with Crippen LogP contribution in [-0.2, 0) is 59.1 Å². The number of carbonyl (C=O) groups is 1. The minimum Gasteiger partial charge on any atom is -0.387 e. The fourth-order valence-corrected chi connectivity index (χ4v) is 11.9. The summed E-state index contributed by atoms with van der Waals surface area (Å²) in [7, 11) is -30.2. The first-order valence-corrected chi connectivity index (χ1v) is 22.2. The molecule has 0 aliphatic carbocycles. The van der Waals surface area contributed by atoms with Crippen LogP contribution in [0.2, 0.25) is 0 Å². The molecule has 3 aliphatic rings. The van der Waals surface area contributed by atoms with Gasteiger partial charge >= 0.3 is 39.0 Å². The lowest BCUT2D eigenvalue weighted by atomic mass is 10.1. The number of nitrogens with one attached hydrogen (secondary N) is 2. The summed E-state index contributed by atoms with van der Waals surface area (Å²) in [5.41, 5.74) is 5.87. The van der Waals surface area contributed by atoms with Crippen molar-refractivity contribution in [3.05, 3.63) is 37.3 Å². The Morgan fingerprint density at radius 1 is 0.800 bits per heavy atom. The predicted molar refractivity (Wildman–Crippen MR) is 172 cm³/mol. The maximum absolute atomic E-state index is 12.4. The van der Waals surface area contributed by atoms with E-state index in [0.717, 1.165) is 34.4 Å². The number of nitrogen functional groups attached to an aromatic ring is 1. The number of aliphatic hydroxyl groups excluding tert-OH is 4. The van der Waals surface area contributed by atoms with Crippen molar-refractivity contribution in [2.75, 3.05) is 18.9 Å². The number of anilines is 1. The first-order chi connectivity index (χ1) is 25.3. The van der Waals surface area contributed by atoms with Gasteiger partial charge in [0.1, 0.15) is 54.3 Å². The van der Waals surface area contributed by atoms with Crippen LogP contribution >= 0.6 is 39.0 Å². The molecule has 55 heavy (non-hydrogen) atoms. The number of carbonyl (C=O) groups excluding carboxylic acids is 1. The van der Waals surface area contributed by atoms with Crippen LogP contribution in [0.5, 0.6) is 0 Å². The number of ether oxygens (including phenoxy) is 2. The summed E-state index contributed by atoms with van der Waals surface area (Å²) in [5, 5.41) is 43.8. The molecule has 1 amide bonds. The average Bonchev–Trinajstić information content (AvgIpc) is 3.67. The van der Waals surface area contributed by atoms with Gasteiger partial charge in [-0.25, -0.2) is 37.8 Å². The fraction of sp³-hybridized carbons (Fsp3) is 0.500. The van der Waals surface area contributed by atoms with E-state index in [0.29, 0.717) is 4.86 Å². The average molecular weight is 890 g/mol. The number of nitrogens with two attached hydrogens (primary N) is 1. The quantitative estimate of drug-likeness (QED) is 0.0750. The molecule has 13 atom stereocenters. The third kappa shape index (κ3) is 10.6. The standard InChI is InChI=1S/C20H31N8O22P5/c1-8-25-11(29)2-3-27(8)19-15(32)13(30)9(46-19)5-45-54(40,41)50-55(42,43)49-52(36,37)26-51(34,35)48-53(38,39)44-4-10-14(31)16(33)20(47-10)28-7-24-12-17(21)22-6-23-18(12)28/h2-3,6-7,9-10,13-16,19-20,30-33H,1,4-5H2,(H,25,29)(H,38,39)(H,40,41)(H,42,43)(H2,21,22,23)(H3,26,34,35,36,37). The SMILES string of the molecule is C=C1NC(=O)C=CN1C1OC(COP(=O)(O)OP(=O)(O)OP(=O)(O)NP(=O)(O)OP(=O)(O)OCC2OC(n3cnc4c(N)ncnc43)C(O)C2O)C(O)C1O. The van der Waals surface area contributed by atoms with Crippen LogP contribution in [0.15, 0.2) is 37.3 Å². The third-order valence-corrected chi connectivity index (χ3v) is 15.3. The molecule has 0 spiro atoms. The number of hydrogen-bond acceptors (Lipinski definition) is 22. The van der Waals surface area contributed by atoms with Crippen molar-refractivity contribution in [2.45, 2.75) is 49.1 Å². The lowest BCUT2D eigenvalue weighted by Gasteiger charge is -2.32. The van der Waals surface area contributed by atoms with E-state index in [4.69, 9.17) is 15.2 Å². The highest BCUT2D eigenvalue weighted by Gasteiger charge is 2.50. The van der Waals surface area contributed by atoms with Gasteiger partial charge in [-0.15, -0.1) is 4.86 Å². The number of imidazole rings is 1. The molecule has 2 saturated heterocycles. The second-order valence-corrected chi connectivity index (χ2v) is 19.4. The van der Waals surface area contributed by atoms with E-state index >= 15 is 0 Å². The number of amides is 1. The van der Waals surface area contributed by atoms with Gasteiger partial charge in [-0.05, 0) is 0 Å². The van der Waals surface area contributed by atoms with Gasteiger partial charge in [0, 0.05) is 12.3 Å². The van der Waals surface area contributed by atoms with Crippen molar-refractivity contribution in [2.24, 2.45) is 0 Å². The highest BCUT2D eigenvalue weighted by molar-refractivity contribution is 7.74. The Morgan fingerprint density at radius 3 is 1.91 bits per heavy atom. The fourth-order valence-electron chi connectivity index (χ4n) is 4.98. The minimum atomic E-state index is -6.27. The van der Waals surface area contributed by atoms with Crippen LogP contribution in [0.25, 0.3) is 11.2 Å². The zero-order valence-electron chi connectivity index (χ0n) is 26.9. The summed E-state index contributed by atoms with van der Waals surface area (Å²) in [4.78, 5) is 74.3. The molecule has 0 radical (unpaired) electrons. The summed E-state index contributed by atoms with van der Waals surface area (Å²) < 4.78 is 94.2. The minimum absolute atomic E-state index is 0.0340. The topological polar surface area (TPSA) is 446 Å². The van der Waals surface area contributed by atoms with Gasteiger partial charge in [0.05, 0.1) is 19.5 Å². The molecule has 2 aromatic heterocycles. The highest BCUT2D eigenvalue weighted by atomic mass is 31.3. The molecular formula is C20H31N8O22P5. The zero-order chi connectivity index (χ0) is 40.9. The molecule has 2 aromatic rings. The number of aliphatic hydroxyl groups is 4. The van der Waals surface area contributed by atoms with Gasteiger partial charge in [-0.1, -0.05) is 6.58 Å². The zero-order valence-corrected chi connectivity index (χ0v) is 31.4. The molecule has 5 rings (SSSR count). The van der Waals surface area contributed by atoms with Crippen LogP contribution in [-0.4, -0.2) is 131 Å². The molecule has 30 nitrogen and oxygen atoms in total. The van der Waals surface area contributed by atoms with Gasteiger partial charge in [0.25, 0.3) is 5.91 Å². The van der Waals surface area contributed by atoms with Gasteiger partial charge in [0.15, 0.2) is 23.9 Å². The molecule has 13 N–H and O–H groups in total. The number of rotatable bonds is 16. The van der Waals surface area contributed by atoms with Gasteiger partial charge in [0.2, 0.25) is 0 Å². The second kappa shape index (κ2) is 16.1. The van der Waals surface area contributed by atoms with Crippen LogP contribution in [0.3, 0.4) is 0 Å². The van der Waals surface area contributed by atoms with Gasteiger partial charge in [-0.3, -0.25) is 18.4 Å². The van der Waals surface area contributed by atoms with Crippen molar-refractivity contribution in [1.82, 2.24) is 34.6 Å². The summed E-state index contributed by atoms with van der Waals surface area (Å²) in [6.45, 7) is 1.22. The third-order valence-electron chi connectivity index (χ3n) is 7.27. The number of nitrogens with zero attached hydrogens (tertiary/aromatic N) is 5. The number of phosphoric ester groups is 2. The monoisotopic (exact) mass is 890 g/mol. The maximum Gasteiger partial charge on any atom is 0.489 e. The van der Waals surface area contributed by atoms with Crippen molar-refractivity contribution in [1.29, 1.82) is 0 Å². The normalized spacial score (nSPS) is 32.7. The maximum atomic E-state index is 12.4. The molecule has 13 unspecified atom stereocenters. The van der Waals surface area contributed by atoms with Crippen molar-refractivity contribution < 1.29 is 104 Å². The molecule has 308 valence electrons. The first kappa shape index (κ1) is 43.7.